The maximum Gasteiger partial charge on any atom is 0.336 e. The fraction of sp³-hybridized carbons (Fsp3) is 0.360. The number of hydrogen-bond acceptors (Lipinski definition) is 6. The van der Waals surface area contributed by atoms with Crippen LogP contribution in [0.15, 0.2) is 62.6 Å². The maximum atomic E-state index is 12.9. The number of carbonyl (C=O) groups is 1. The van der Waals surface area contributed by atoms with Crippen molar-refractivity contribution in [3.63, 3.8) is 0 Å². The van der Waals surface area contributed by atoms with Crippen LogP contribution in [-0.2, 0) is 21.2 Å². The van der Waals surface area contributed by atoms with Crippen LogP contribution in [0.5, 0.6) is 5.75 Å². The minimum Gasteiger partial charge on any atom is -0.425 e. The van der Waals surface area contributed by atoms with Crippen molar-refractivity contribution in [2.45, 2.75) is 57.9 Å². The molecule has 1 atom stereocenters. The molecule has 0 aliphatic carbocycles. The summed E-state index contributed by atoms with van der Waals surface area (Å²) in [4.78, 5) is 24.9. The van der Waals surface area contributed by atoms with Gasteiger partial charge in [-0.25, -0.2) is 18.0 Å². The predicted octanol–water partition coefficient (Wildman–Crippen LogP) is 4.35. The number of fused-ring (bicyclic) bond motifs is 1. The highest BCUT2D eigenvalue weighted by Crippen LogP contribution is 2.25. The Balaban J connectivity index is 1.84. The number of hydrogen-bond donors (Lipinski definition) is 1. The van der Waals surface area contributed by atoms with Gasteiger partial charge in [-0.15, -0.1) is 0 Å². The molecule has 8 heteroatoms. The van der Waals surface area contributed by atoms with E-state index in [4.69, 9.17) is 9.15 Å². The van der Waals surface area contributed by atoms with Crippen LogP contribution in [0.2, 0.25) is 0 Å². The van der Waals surface area contributed by atoms with E-state index in [1.807, 2.05) is 6.92 Å². The number of benzene rings is 2. The maximum absolute atomic E-state index is 12.9. The van der Waals surface area contributed by atoms with Gasteiger partial charge in [0.25, 0.3) is 0 Å². The van der Waals surface area contributed by atoms with E-state index >= 15 is 0 Å². The summed E-state index contributed by atoms with van der Waals surface area (Å²) in [7, 11) is -3.92. The van der Waals surface area contributed by atoms with E-state index in [0.717, 1.165) is 35.8 Å². The summed E-state index contributed by atoms with van der Waals surface area (Å²) in [5, 5.41) is 0.781. The van der Waals surface area contributed by atoms with Crippen LogP contribution in [0.25, 0.3) is 11.0 Å². The van der Waals surface area contributed by atoms with Crippen molar-refractivity contribution < 1.29 is 22.4 Å². The van der Waals surface area contributed by atoms with Crippen molar-refractivity contribution in [3.8, 4) is 5.75 Å². The lowest BCUT2D eigenvalue weighted by atomic mass is 10.0. The molecular weight excluding hydrogens is 442 g/mol. The first-order valence-electron chi connectivity index (χ1n) is 11.0. The summed E-state index contributed by atoms with van der Waals surface area (Å²) in [6.45, 7) is 7.38. The predicted molar refractivity (Wildman–Crippen MR) is 127 cm³/mol. The van der Waals surface area contributed by atoms with Gasteiger partial charge in [-0.2, -0.15) is 4.72 Å². The first-order chi connectivity index (χ1) is 15.6. The minimum absolute atomic E-state index is 0.0682. The van der Waals surface area contributed by atoms with Gasteiger partial charge < -0.3 is 9.15 Å². The quantitative estimate of drug-likeness (QED) is 0.283. The Morgan fingerprint density at radius 2 is 1.79 bits per heavy atom. The van der Waals surface area contributed by atoms with Crippen LogP contribution in [0.4, 0.5) is 0 Å². The molecule has 0 saturated carbocycles. The third-order valence-corrected chi connectivity index (χ3v) is 6.81. The molecule has 33 heavy (non-hydrogen) atoms. The zero-order valence-corrected chi connectivity index (χ0v) is 20.1. The molecule has 3 rings (SSSR count). The summed E-state index contributed by atoms with van der Waals surface area (Å²) in [5.41, 5.74) is 1.66. The van der Waals surface area contributed by atoms with Crippen LogP contribution < -0.4 is 15.1 Å². The van der Waals surface area contributed by atoms with Crippen molar-refractivity contribution in [1.29, 1.82) is 0 Å². The zero-order valence-electron chi connectivity index (χ0n) is 19.3. The molecule has 0 unspecified atom stereocenters. The van der Waals surface area contributed by atoms with Gasteiger partial charge in [-0.05, 0) is 55.5 Å². The monoisotopic (exact) mass is 471 g/mol. The van der Waals surface area contributed by atoms with E-state index in [1.54, 1.807) is 38.1 Å². The fourth-order valence-electron chi connectivity index (χ4n) is 3.44. The molecule has 176 valence electrons. The molecule has 2 aromatic carbocycles. The average Bonchev–Trinajstić information content (AvgIpc) is 2.75. The number of nitrogens with one attached hydrogen (secondary N) is 1. The van der Waals surface area contributed by atoms with Crippen LogP contribution in [0, 0.1) is 12.8 Å². The average molecular weight is 472 g/mol. The van der Waals surface area contributed by atoms with Crippen molar-refractivity contribution >= 4 is 27.0 Å². The van der Waals surface area contributed by atoms with Crippen LogP contribution in [-0.4, -0.2) is 20.4 Å². The second kappa shape index (κ2) is 10.3. The molecular formula is C25H29NO6S. The second-order valence-electron chi connectivity index (χ2n) is 8.43. The Morgan fingerprint density at radius 3 is 2.42 bits per heavy atom. The van der Waals surface area contributed by atoms with E-state index < -0.39 is 27.7 Å². The normalized spacial score (nSPS) is 12.8. The molecule has 7 nitrogen and oxygen atoms in total. The zero-order chi connectivity index (χ0) is 24.2. The molecule has 0 aliphatic rings. The van der Waals surface area contributed by atoms with Crippen molar-refractivity contribution in [2.24, 2.45) is 5.92 Å². The second-order valence-corrected chi connectivity index (χ2v) is 10.1. The lowest BCUT2D eigenvalue weighted by Gasteiger charge is -2.21. The summed E-state index contributed by atoms with van der Waals surface area (Å²) >= 11 is 0. The highest BCUT2D eigenvalue weighted by atomic mass is 32.2. The van der Waals surface area contributed by atoms with Crippen molar-refractivity contribution in [3.05, 3.63) is 70.1 Å². The van der Waals surface area contributed by atoms with Gasteiger partial charge in [-0.3, -0.25) is 0 Å². The highest BCUT2D eigenvalue weighted by molar-refractivity contribution is 7.89. The lowest BCUT2D eigenvalue weighted by Crippen LogP contribution is -2.46. The summed E-state index contributed by atoms with van der Waals surface area (Å²) in [5.74, 6) is -0.940. The highest BCUT2D eigenvalue weighted by Gasteiger charge is 2.30. The third kappa shape index (κ3) is 6.09. The molecule has 1 aromatic heterocycles. The SMILES string of the molecule is CCCCc1cc(=O)oc2cc(OC(=O)[C@H](NS(=O)(=O)c3ccc(C)cc3)C(C)C)ccc12. The fourth-order valence-corrected chi connectivity index (χ4v) is 4.77. The number of aryl methyl sites for hydroxylation is 2. The standard InChI is InChI=1S/C25H29NO6S/c1-5-6-7-18-14-23(27)32-22-15-19(10-13-21(18)22)31-25(28)24(16(2)3)26-33(29,30)20-11-8-17(4)9-12-20/h8-16,24,26H,5-7H2,1-4H3/t24-/m1/s1. The molecule has 0 radical (unpaired) electrons. The molecule has 0 spiro atoms. The Kier molecular flexibility index (Phi) is 7.71. The molecule has 0 saturated heterocycles. The number of esters is 1. The van der Waals surface area contributed by atoms with Gasteiger partial charge in [0, 0.05) is 17.5 Å². The molecule has 0 amide bonds. The van der Waals surface area contributed by atoms with E-state index in [-0.39, 0.29) is 16.6 Å². The third-order valence-electron chi connectivity index (χ3n) is 5.35. The van der Waals surface area contributed by atoms with Gasteiger partial charge in [0.05, 0.1) is 4.90 Å². The minimum atomic E-state index is -3.92. The number of unbranched alkanes of at least 4 members (excludes halogenated alkanes) is 1. The summed E-state index contributed by atoms with van der Waals surface area (Å²) in [6, 6.07) is 11.6. The molecule has 1 heterocycles. The first kappa shape index (κ1) is 24.7. The molecule has 0 bridgehead atoms. The largest absolute Gasteiger partial charge is 0.425 e. The Morgan fingerprint density at radius 1 is 1.09 bits per heavy atom. The lowest BCUT2D eigenvalue weighted by molar-refractivity contribution is -0.137. The molecule has 0 fully saturated rings. The van der Waals surface area contributed by atoms with Crippen LogP contribution >= 0.6 is 0 Å². The number of ether oxygens (including phenoxy) is 1. The van der Waals surface area contributed by atoms with E-state index in [1.165, 1.54) is 24.3 Å². The van der Waals surface area contributed by atoms with Crippen molar-refractivity contribution in [2.75, 3.05) is 0 Å². The Bertz CT molecular complexity index is 1290. The van der Waals surface area contributed by atoms with E-state index in [9.17, 15) is 18.0 Å². The molecule has 0 aliphatic heterocycles. The van der Waals surface area contributed by atoms with Gasteiger partial charge in [0.1, 0.15) is 17.4 Å². The first-order valence-corrected chi connectivity index (χ1v) is 12.5. The van der Waals surface area contributed by atoms with Crippen LogP contribution in [0.3, 0.4) is 0 Å². The van der Waals surface area contributed by atoms with Gasteiger partial charge in [0.2, 0.25) is 10.0 Å². The molecule has 1 N–H and O–H groups in total. The smallest absolute Gasteiger partial charge is 0.336 e. The number of carbonyl (C=O) groups excluding carboxylic acids is 1. The number of sulfonamides is 1. The number of rotatable bonds is 9. The summed E-state index contributed by atoms with van der Waals surface area (Å²) < 4.78 is 38.8. The van der Waals surface area contributed by atoms with E-state index in [2.05, 4.69) is 11.6 Å². The summed E-state index contributed by atoms with van der Waals surface area (Å²) in [6.07, 6.45) is 2.67. The van der Waals surface area contributed by atoms with Crippen LogP contribution in [0.1, 0.15) is 44.7 Å². The molecule has 3 aromatic rings. The van der Waals surface area contributed by atoms with E-state index in [0.29, 0.717) is 5.58 Å². The topological polar surface area (TPSA) is 103 Å². The Labute approximate surface area is 193 Å². The van der Waals surface area contributed by atoms with Crippen molar-refractivity contribution in [1.82, 2.24) is 4.72 Å². The van der Waals surface area contributed by atoms with Gasteiger partial charge in [-0.1, -0.05) is 44.9 Å². The van der Waals surface area contributed by atoms with Gasteiger partial charge in [0.15, 0.2) is 0 Å². The Hall–Kier alpha value is -2.97. The van der Waals surface area contributed by atoms with Gasteiger partial charge >= 0.3 is 11.6 Å².